The van der Waals surface area contributed by atoms with Gasteiger partial charge in [-0.1, -0.05) is 69.7 Å². The van der Waals surface area contributed by atoms with Crippen molar-refractivity contribution in [2.24, 2.45) is 0 Å². The van der Waals surface area contributed by atoms with Crippen LogP contribution in [0.1, 0.15) is 82.3 Å². The molecule has 3 rings (SSSR count). The van der Waals surface area contributed by atoms with E-state index >= 15 is 0 Å². The van der Waals surface area contributed by atoms with Crippen molar-refractivity contribution in [1.29, 1.82) is 0 Å². The summed E-state index contributed by atoms with van der Waals surface area (Å²) in [5.41, 5.74) is 2.43. The van der Waals surface area contributed by atoms with E-state index in [9.17, 15) is 5.11 Å². The Bertz CT molecular complexity index is 390. The van der Waals surface area contributed by atoms with Crippen LogP contribution >= 0.6 is 0 Å². The predicted molar refractivity (Wildman–Crippen MR) is 83.9 cm³/mol. The van der Waals surface area contributed by atoms with Gasteiger partial charge < -0.3 is 5.11 Å². The van der Waals surface area contributed by atoms with Crippen molar-refractivity contribution < 1.29 is 5.11 Å². The minimum absolute atomic E-state index is 0.367. The molecule has 2 aliphatic carbocycles. The van der Waals surface area contributed by atoms with Gasteiger partial charge in [-0.05, 0) is 42.2 Å². The molecule has 2 aliphatic rings. The molecule has 0 atom stereocenters. The highest BCUT2D eigenvalue weighted by Gasteiger charge is 2.32. The molecular formula is C19H28O. The Hall–Kier alpha value is -0.820. The molecule has 1 nitrogen and oxygen atoms in total. The fourth-order valence-corrected chi connectivity index (χ4v) is 4.23. The first-order chi connectivity index (χ1) is 9.62. The average Bonchev–Trinajstić information content (AvgIpc) is 2.49. The van der Waals surface area contributed by atoms with Crippen LogP contribution in [0.15, 0.2) is 24.3 Å². The fourth-order valence-electron chi connectivity index (χ4n) is 4.23. The molecule has 1 heteroatoms. The molecule has 0 radical (unpaired) electrons. The Labute approximate surface area is 123 Å². The van der Waals surface area contributed by atoms with E-state index in [0.29, 0.717) is 5.41 Å². The van der Waals surface area contributed by atoms with E-state index in [-0.39, 0.29) is 0 Å². The molecule has 0 amide bonds. The van der Waals surface area contributed by atoms with Crippen molar-refractivity contribution in [3.8, 4) is 0 Å². The summed E-state index contributed by atoms with van der Waals surface area (Å²) in [4.78, 5) is 0. The summed E-state index contributed by atoms with van der Waals surface area (Å²) in [6.07, 6.45) is 12.2. The second-order valence-corrected chi connectivity index (χ2v) is 7.29. The van der Waals surface area contributed by atoms with Gasteiger partial charge in [0.05, 0.1) is 5.60 Å². The van der Waals surface area contributed by atoms with Crippen molar-refractivity contribution in [1.82, 2.24) is 0 Å². The van der Waals surface area contributed by atoms with Gasteiger partial charge in [0.25, 0.3) is 0 Å². The van der Waals surface area contributed by atoms with Crippen molar-refractivity contribution >= 4 is 0 Å². The summed E-state index contributed by atoms with van der Waals surface area (Å²) in [6, 6.07) is 8.96. The van der Waals surface area contributed by atoms with Gasteiger partial charge >= 0.3 is 0 Å². The van der Waals surface area contributed by atoms with E-state index < -0.39 is 5.60 Å². The zero-order valence-corrected chi connectivity index (χ0v) is 12.8. The summed E-state index contributed by atoms with van der Waals surface area (Å²) in [6.45, 7) is 2.41. The third-order valence-electron chi connectivity index (χ3n) is 5.76. The molecule has 2 fully saturated rings. The maximum absolute atomic E-state index is 10.8. The Morgan fingerprint density at radius 2 is 1.15 bits per heavy atom. The fraction of sp³-hybridized carbons (Fsp3) is 0.684. The van der Waals surface area contributed by atoms with Crippen LogP contribution in [-0.2, 0) is 11.0 Å². The topological polar surface area (TPSA) is 20.2 Å². The molecule has 1 aromatic carbocycles. The minimum atomic E-state index is -0.551. The molecule has 0 unspecified atom stereocenters. The van der Waals surface area contributed by atoms with Gasteiger partial charge in [0.1, 0.15) is 0 Å². The number of hydrogen-bond donors (Lipinski definition) is 1. The highest BCUT2D eigenvalue weighted by molar-refractivity contribution is 5.32. The smallest absolute Gasteiger partial charge is 0.0896 e. The zero-order chi connectivity index (χ0) is 14.1. The van der Waals surface area contributed by atoms with E-state index in [0.717, 1.165) is 31.2 Å². The molecule has 20 heavy (non-hydrogen) atoms. The van der Waals surface area contributed by atoms with Gasteiger partial charge in [-0.25, -0.2) is 0 Å². The number of hydrogen-bond acceptors (Lipinski definition) is 1. The Morgan fingerprint density at radius 1 is 0.700 bits per heavy atom. The lowest BCUT2D eigenvalue weighted by atomic mass is 9.70. The van der Waals surface area contributed by atoms with Gasteiger partial charge in [-0.15, -0.1) is 0 Å². The summed E-state index contributed by atoms with van der Waals surface area (Å²) in [7, 11) is 0. The second kappa shape index (κ2) is 5.52. The lowest BCUT2D eigenvalue weighted by Crippen LogP contribution is -2.29. The van der Waals surface area contributed by atoms with E-state index in [4.69, 9.17) is 0 Å². The van der Waals surface area contributed by atoms with Crippen LogP contribution in [0.25, 0.3) is 0 Å². The lowest BCUT2D eigenvalue weighted by Gasteiger charge is -2.36. The van der Waals surface area contributed by atoms with Gasteiger partial charge in [-0.2, -0.15) is 0 Å². The Balaban J connectivity index is 1.80. The third kappa shape index (κ3) is 2.65. The van der Waals surface area contributed by atoms with Crippen molar-refractivity contribution in [3.63, 3.8) is 0 Å². The number of benzene rings is 1. The minimum Gasteiger partial charge on any atom is -0.385 e. The van der Waals surface area contributed by atoms with Gasteiger partial charge in [0, 0.05) is 0 Å². The first-order valence-corrected chi connectivity index (χ1v) is 8.46. The SMILES string of the molecule is CC1(c2ccc(C3(O)CCCCC3)cc2)CCCCC1. The van der Waals surface area contributed by atoms with E-state index in [1.54, 1.807) is 0 Å². The summed E-state index contributed by atoms with van der Waals surface area (Å²) >= 11 is 0. The van der Waals surface area contributed by atoms with Crippen LogP contribution in [0, 0.1) is 0 Å². The van der Waals surface area contributed by atoms with Crippen LogP contribution in [0.5, 0.6) is 0 Å². The van der Waals surface area contributed by atoms with Crippen LogP contribution in [0.2, 0.25) is 0 Å². The highest BCUT2D eigenvalue weighted by Crippen LogP contribution is 2.41. The molecule has 110 valence electrons. The molecule has 0 spiro atoms. The molecule has 1 aromatic rings. The van der Waals surface area contributed by atoms with Gasteiger partial charge in [0.15, 0.2) is 0 Å². The van der Waals surface area contributed by atoms with Gasteiger partial charge in [-0.3, -0.25) is 0 Å². The highest BCUT2D eigenvalue weighted by atomic mass is 16.3. The number of aliphatic hydroxyl groups is 1. The molecule has 0 aromatic heterocycles. The maximum atomic E-state index is 10.8. The monoisotopic (exact) mass is 272 g/mol. The second-order valence-electron chi connectivity index (χ2n) is 7.29. The number of rotatable bonds is 2. The van der Waals surface area contributed by atoms with E-state index in [1.165, 1.54) is 44.1 Å². The molecule has 0 aliphatic heterocycles. The normalized spacial score (nSPS) is 25.3. The van der Waals surface area contributed by atoms with Crippen LogP contribution in [0.3, 0.4) is 0 Å². The molecule has 1 N–H and O–H groups in total. The Kier molecular flexibility index (Phi) is 3.90. The Morgan fingerprint density at radius 3 is 1.70 bits per heavy atom. The molecule has 2 saturated carbocycles. The quantitative estimate of drug-likeness (QED) is 0.797. The van der Waals surface area contributed by atoms with Crippen molar-refractivity contribution in [3.05, 3.63) is 35.4 Å². The van der Waals surface area contributed by atoms with Crippen molar-refractivity contribution in [2.45, 2.75) is 82.1 Å². The summed E-state index contributed by atoms with van der Waals surface area (Å²) in [5.74, 6) is 0. The average molecular weight is 272 g/mol. The van der Waals surface area contributed by atoms with E-state index in [1.807, 2.05) is 0 Å². The van der Waals surface area contributed by atoms with Crippen LogP contribution in [0.4, 0.5) is 0 Å². The first-order valence-electron chi connectivity index (χ1n) is 8.46. The zero-order valence-electron chi connectivity index (χ0n) is 12.8. The predicted octanol–water partition coefficient (Wildman–Crippen LogP) is 5.06. The summed E-state index contributed by atoms with van der Waals surface area (Å²) in [5, 5.41) is 10.8. The molecule has 0 saturated heterocycles. The third-order valence-corrected chi connectivity index (χ3v) is 5.76. The summed E-state index contributed by atoms with van der Waals surface area (Å²) < 4.78 is 0. The standard InChI is InChI=1S/C19H28O/c1-18(12-4-2-5-13-18)16-8-10-17(11-9-16)19(20)14-6-3-7-15-19/h8-11,20H,2-7,12-15H2,1H3. The molecule has 0 bridgehead atoms. The van der Waals surface area contributed by atoms with Crippen LogP contribution in [-0.4, -0.2) is 5.11 Å². The van der Waals surface area contributed by atoms with Crippen molar-refractivity contribution in [2.75, 3.05) is 0 Å². The lowest BCUT2D eigenvalue weighted by molar-refractivity contribution is -0.000662. The maximum Gasteiger partial charge on any atom is 0.0896 e. The largest absolute Gasteiger partial charge is 0.385 e. The first kappa shape index (κ1) is 14.1. The molecule has 0 heterocycles. The van der Waals surface area contributed by atoms with Gasteiger partial charge in [0.2, 0.25) is 0 Å². The van der Waals surface area contributed by atoms with E-state index in [2.05, 4.69) is 31.2 Å². The molecular weight excluding hydrogens is 244 g/mol. The van der Waals surface area contributed by atoms with Crippen LogP contribution < -0.4 is 0 Å².